The Morgan fingerprint density at radius 2 is 2.00 bits per heavy atom. The number of carbonyl (C=O) groups excluding carboxylic acids is 1. The highest BCUT2D eigenvalue weighted by molar-refractivity contribution is 9.10. The molecule has 110 valence electrons. The summed E-state index contributed by atoms with van der Waals surface area (Å²) in [6.45, 7) is 3.37. The Morgan fingerprint density at radius 1 is 1.24 bits per heavy atom. The van der Waals surface area contributed by atoms with Gasteiger partial charge in [-0.15, -0.1) is 0 Å². The topological polar surface area (TPSA) is 41.1 Å². The molecule has 0 saturated carbocycles. The Kier molecular flexibility index (Phi) is 4.96. The van der Waals surface area contributed by atoms with E-state index in [1.54, 1.807) is 6.07 Å². The van der Waals surface area contributed by atoms with Gasteiger partial charge in [-0.3, -0.25) is 4.79 Å². The van der Waals surface area contributed by atoms with Crippen LogP contribution in [0.25, 0.3) is 0 Å². The zero-order valence-electron chi connectivity index (χ0n) is 11.8. The minimum absolute atomic E-state index is 0.0652. The highest BCUT2D eigenvalue weighted by atomic mass is 79.9. The molecule has 0 aliphatic rings. The first-order valence-corrected chi connectivity index (χ1v) is 7.34. The van der Waals surface area contributed by atoms with Gasteiger partial charge in [0.25, 0.3) is 0 Å². The molecule has 0 heterocycles. The molecule has 21 heavy (non-hydrogen) atoms. The van der Waals surface area contributed by atoms with Crippen LogP contribution in [0, 0.1) is 5.82 Å². The number of hydrogen-bond acceptors (Lipinski definition) is 2. The van der Waals surface area contributed by atoms with Crippen LogP contribution in [0.2, 0.25) is 0 Å². The van der Waals surface area contributed by atoms with Crippen LogP contribution in [0.4, 0.5) is 15.8 Å². The maximum absolute atomic E-state index is 13.9. The van der Waals surface area contributed by atoms with Crippen molar-refractivity contribution in [3.8, 4) is 0 Å². The molecule has 1 amide bonds. The molecule has 0 aliphatic heterocycles. The van der Waals surface area contributed by atoms with E-state index in [1.807, 2.05) is 31.2 Å². The first-order valence-electron chi connectivity index (χ1n) is 6.55. The van der Waals surface area contributed by atoms with Crippen LogP contribution < -0.4 is 10.6 Å². The molecule has 1 atom stereocenters. The lowest BCUT2D eigenvalue weighted by Gasteiger charge is -2.17. The van der Waals surface area contributed by atoms with Gasteiger partial charge in [0.15, 0.2) is 0 Å². The van der Waals surface area contributed by atoms with Gasteiger partial charge in [-0.25, -0.2) is 4.39 Å². The lowest BCUT2D eigenvalue weighted by molar-refractivity contribution is -0.114. The zero-order valence-corrected chi connectivity index (χ0v) is 13.4. The molecule has 0 spiro atoms. The number of rotatable bonds is 4. The highest BCUT2D eigenvalue weighted by Gasteiger charge is 2.10. The third kappa shape index (κ3) is 4.29. The van der Waals surface area contributed by atoms with Gasteiger partial charge in [0.2, 0.25) is 5.91 Å². The van der Waals surface area contributed by atoms with Gasteiger partial charge in [-0.1, -0.05) is 28.1 Å². The van der Waals surface area contributed by atoms with Gasteiger partial charge in [0.1, 0.15) is 5.82 Å². The van der Waals surface area contributed by atoms with Gasteiger partial charge < -0.3 is 10.6 Å². The lowest BCUT2D eigenvalue weighted by atomic mass is 10.1. The van der Waals surface area contributed by atoms with E-state index in [2.05, 4.69) is 26.6 Å². The SMILES string of the molecule is CC(=O)Nc1ccc(F)c(NC(C)c2cccc(Br)c2)c1. The van der Waals surface area contributed by atoms with Crippen LogP contribution in [0.5, 0.6) is 0 Å². The molecule has 0 aromatic heterocycles. The Bertz CT molecular complexity index is 660. The molecule has 1 unspecified atom stereocenters. The standard InChI is InChI=1S/C16H16BrFN2O/c1-10(12-4-3-5-13(17)8-12)19-16-9-14(20-11(2)21)6-7-15(16)18/h3-10,19H,1-2H3,(H,20,21). The van der Waals surface area contributed by atoms with Crippen molar-refractivity contribution in [2.75, 3.05) is 10.6 Å². The average molecular weight is 351 g/mol. The van der Waals surface area contributed by atoms with Crippen molar-refractivity contribution in [2.24, 2.45) is 0 Å². The van der Waals surface area contributed by atoms with Crippen LogP contribution in [0.1, 0.15) is 25.5 Å². The van der Waals surface area contributed by atoms with Crippen LogP contribution in [0.3, 0.4) is 0 Å². The molecule has 2 N–H and O–H groups in total. The molecule has 0 saturated heterocycles. The second kappa shape index (κ2) is 6.72. The van der Waals surface area contributed by atoms with E-state index in [9.17, 15) is 9.18 Å². The van der Waals surface area contributed by atoms with Crippen molar-refractivity contribution in [3.63, 3.8) is 0 Å². The van der Waals surface area contributed by atoms with E-state index >= 15 is 0 Å². The number of carbonyl (C=O) groups is 1. The van der Waals surface area contributed by atoms with Crippen molar-refractivity contribution < 1.29 is 9.18 Å². The summed E-state index contributed by atoms with van der Waals surface area (Å²) in [6, 6.07) is 12.2. The van der Waals surface area contributed by atoms with E-state index in [1.165, 1.54) is 19.1 Å². The summed E-state index contributed by atoms with van der Waals surface area (Å²) in [5, 5.41) is 5.76. The molecule has 0 aliphatic carbocycles. The van der Waals surface area contributed by atoms with Crippen LogP contribution in [-0.2, 0) is 4.79 Å². The molecule has 0 bridgehead atoms. The molecular weight excluding hydrogens is 335 g/mol. The molecule has 2 aromatic carbocycles. The Hall–Kier alpha value is -1.88. The first-order chi connectivity index (χ1) is 9.95. The van der Waals surface area contributed by atoms with Crippen LogP contribution in [0.15, 0.2) is 46.9 Å². The summed E-state index contributed by atoms with van der Waals surface area (Å²) in [5.41, 5.74) is 1.95. The minimum Gasteiger partial charge on any atom is -0.376 e. The third-order valence-corrected chi connectivity index (χ3v) is 3.50. The highest BCUT2D eigenvalue weighted by Crippen LogP contribution is 2.26. The fourth-order valence-corrected chi connectivity index (χ4v) is 2.43. The van der Waals surface area contributed by atoms with Crippen molar-refractivity contribution >= 4 is 33.2 Å². The van der Waals surface area contributed by atoms with Crippen molar-refractivity contribution in [1.82, 2.24) is 0 Å². The average Bonchev–Trinajstić information content (AvgIpc) is 2.42. The van der Waals surface area contributed by atoms with Crippen molar-refractivity contribution in [1.29, 1.82) is 0 Å². The summed E-state index contributed by atoms with van der Waals surface area (Å²) in [6.07, 6.45) is 0. The summed E-state index contributed by atoms with van der Waals surface area (Å²) in [4.78, 5) is 11.1. The fourth-order valence-electron chi connectivity index (χ4n) is 2.01. The maximum atomic E-state index is 13.9. The second-order valence-electron chi connectivity index (χ2n) is 4.80. The predicted molar refractivity (Wildman–Crippen MR) is 86.9 cm³/mol. The van der Waals surface area contributed by atoms with Crippen LogP contribution in [-0.4, -0.2) is 5.91 Å². The van der Waals surface area contributed by atoms with Gasteiger partial charge in [-0.05, 0) is 42.8 Å². The predicted octanol–water partition coefficient (Wildman–Crippen LogP) is 4.72. The maximum Gasteiger partial charge on any atom is 0.221 e. The van der Waals surface area contributed by atoms with E-state index < -0.39 is 0 Å². The first kappa shape index (κ1) is 15.5. The largest absolute Gasteiger partial charge is 0.376 e. The molecule has 0 fully saturated rings. The molecule has 0 radical (unpaired) electrons. The van der Waals surface area contributed by atoms with Gasteiger partial charge in [0, 0.05) is 23.1 Å². The molecule has 3 nitrogen and oxygen atoms in total. The normalized spacial score (nSPS) is 11.8. The molecule has 2 aromatic rings. The second-order valence-corrected chi connectivity index (χ2v) is 5.71. The van der Waals surface area contributed by atoms with E-state index in [0.29, 0.717) is 11.4 Å². The third-order valence-electron chi connectivity index (χ3n) is 3.01. The monoisotopic (exact) mass is 350 g/mol. The Morgan fingerprint density at radius 3 is 2.67 bits per heavy atom. The van der Waals surface area contributed by atoms with Gasteiger partial charge in [-0.2, -0.15) is 0 Å². The fraction of sp³-hybridized carbons (Fsp3) is 0.188. The van der Waals surface area contributed by atoms with Crippen molar-refractivity contribution in [2.45, 2.75) is 19.9 Å². The number of amides is 1. The van der Waals surface area contributed by atoms with E-state index in [4.69, 9.17) is 0 Å². The van der Waals surface area contributed by atoms with E-state index in [0.717, 1.165) is 10.0 Å². The van der Waals surface area contributed by atoms with Gasteiger partial charge in [0.05, 0.1) is 5.69 Å². The quantitative estimate of drug-likeness (QED) is 0.837. The molecular formula is C16H16BrFN2O. The lowest BCUT2D eigenvalue weighted by Crippen LogP contribution is -2.10. The Balaban J connectivity index is 2.20. The number of nitrogens with one attached hydrogen (secondary N) is 2. The number of benzene rings is 2. The number of halogens is 2. The minimum atomic E-state index is -0.356. The van der Waals surface area contributed by atoms with E-state index in [-0.39, 0.29) is 17.8 Å². The van der Waals surface area contributed by atoms with Crippen molar-refractivity contribution in [3.05, 3.63) is 58.3 Å². The molecule has 5 heteroatoms. The Labute approximate surface area is 131 Å². The number of anilines is 2. The van der Waals surface area contributed by atoms with Gasteiger partial charge >= 0.3 is 0 Å². The summed E-state index contributed by atoms with van der Waals surface area (Å²) < 4.78 is 14.9. The molecule has 2 rings (SSSR count). The smallest absolute Gasteiger partial charge is 0.221 e. The van der Waals surface area contributed by atoms with Crippen LogP contribution >= 0.6 is 15.9 Å². The summed E-state index contributed by atoms with van der Waals surface area (Å²) in [5.74, 6) is -0.543. The summed E-state index contributed by atoms with van der Waals surface area (Å²) >= 11 is 3.42. The zero-order chi connectivity index (χ0) is 15.4. The summed E-state index contributed by atoms with van der Waals surface area (Å²) in [7, 11) is 0. The number of hydrogen-bond donors (Lipinski definition) is 2.